The molecule has 1 aromatic heterocycles. The number of nitrogens with two attached hydrogens (primary N) is 1. The van der Waals surface area contributed by atoms with Crippen LogP contribution in [0.2, 0.25) is 0 Å². The Balaban J connectivity index is 1.92. The van der Waals surface area contributed by atoms with Crippen molar-refractivity contribution in [1.29, 1.82) is 0 Å². The van der Waals surface area contributed by atoms with E-state index in [0.717, 1.165) is 16.7 Å². The zero-order chi connectivity index (χ0) is 12.3. The number of hydrogen-bond donors (Lipinski definition) is 4. The lowest BCUT2D eigenvalue weighted by molar-refractivity contribution is -0.138. The number of imidazole rings is 1. The maximum Gasteiger partial charge on any atom is 0.320 e. The SMILES string of the molecule is NC(CCNc1ccc2nc[nH]c2c1)C(=O)O. The van der Waals surface area contributed by atoms with Gasteiger partial charge >= 0.3 is 5.97 Å². The van der Waals surface area contributed by atoms with Crippen LogP contribution in [0.5, 0.6) is 0 Å². The molecule has 6 nitrogen and oxygen atoms in total. The molecule has 0 saturated carbocycles. The zero-order valence-electron chi connectivity index (χ0n) is 9.18. The maximum atomic E-state index is 10.5. The van der Waals surface area contributed by atoms with E-state index >= 15 is 0 Å². The van der Waals surface area contributed by atoms with Crippen LogP contribution in [0.1, 0.15) is 6.42 Å². The summed E-state index contributed by atoms with van der Waals surface area (Å²) in [6, 6.07) is 4.90. The molecule has 90 valence electrons. The first-order chi connectivity index (χ1) is 8.16. The largest absolute Gasteiger partial charge is 0.480 e. The molecule has 0 bridgehead atoms. The van der Waals surface area contributed by atoms with Crippen LogP contribution in [0, 0.1) is 0 Å². The normalized spacial score (nSPS) is 12.5. The second-order valence-corrected chi connectivity index (χ2v) is 3.79. The molecular weight excluding hydrogens is 220 g/mol. The average molecular weight is 234 g/mol. The maximum absolute atomic E-state index is 10.5. The van der Waals surface area contributed by atoms with Gasteiger partial charge in [0.25, 0.3) is 0 Å². The predicted molar refractivity (Wildman–Crippen MR) is 64.8 cm³/mol. The Morgan fingerprint density at radius 2 is 2.41 bits per heavy atom. The molecule has 0 aliphatic carbocycles. The summed E-state index contributed by atoms with van der Waals surface area (Å²) >= 11 is 0. The van der Waals surface area contributed by atoms with Gasteiger partial charge in [0, 0.05) is 12.2 Å². The van der Waals surface area contributed by atoms with Gasteiger partial charge in [-0.15, -0.1) is 0 Å². The number of aromatic nitrogens is 2. The highest BCUT2D eigenvalue weighted by Gasteiger charge is 2.10. The third kappa shape index (κ3) is 2.73. The van der Waals surface area contributed by atoms with E-state index in [1.54, 1.807) is 6.33 Å². The highest BCUT2D eigenvalue weighted by atomic mass is 16.4. The number of fused-ring (bicyclic) bond motifs is 1. The minimum absolute atomic E-state index is 0.385. The van der Waals surface area contributed by atoms with Crippen molar-refractivity contribution in [3.63, 3.8) is 0 Å². The number of nitrogens with one attached hydrogen (secondary N) is 2. The molecular formula is C11H14N4O2. The third-order valence-corrected chi connectivity index (χ3v) is 2.52. The lowest BCUT2D eigenvalue weighted by Gasteiger charge is -2.08. The van der Waals surface area contributed by atoms with Gasteiger partial charge < -0.3 is 21.1 Å². The number of anilines is 1. The highest BCUT2D eigenvalue weighted by molar-refractivity contribution is 5.78. The van der Waals surface area contributed by atoms with Gasteiger partial charge in [-0.2, -0.15) is 0 Å². The molecule has 6 heteroatoms. The second-order valence-electron chi connectivity index (χ2n) is 3.79. The monoisotopic (exact) mass is 234 g/mol. The van der Waals surface area contributed by atoms with E-state index in [0.29, 0.717) is 13.0 Å². The van der Waals surface area contributed by atoms with E-state index in [1.807, 2.05) is 18.2 Å². The number of hydrogen-bond acceptors (Lipinski definition) is 4. The van der Waals surface area contributed by atoms with Crippen LogP contribution in [0.4, 0.5) is 5.69 Å². The van der Waals surface area contributed by atoms with Crippen molar-refractivity contribution in [2.75, 3.05) is 11.9 Å². The van der Waals surface area contributed by atoms with Gasteiger partial charge in [-0.3, -0.25) is 4.79 Å². The molecule has 5 N–H and O–H groups in total. The topological polar surface area (TPSA) is 104 Å². The van der Waals surface area contributed by atoms with Crippen LogP contribution in [0.3, 0.4) is 0 Å². The number of benzene rings is 1. The molecule has 2 rings (SSSR count). The summed E-state index contributed by atoms with van der Waals surface area (Å²) in [5, 5.41) is 11.7. The Kier molecular flexibility index (Phi) is 3.24. The summed E-state index contributed by atoms with van der Waals surface area (Å²) in [7, 11) is 0. The van der Waals surface area contributed by atoms with Crippen LogP contribution in [-0.2, 0) is 4.79 Å². The Morgan fingerprint density at radius 1 is 1.59 bits per heavy atom. The van der Waals surface area contributed by atoms with E-state index in [1.165, 1.54) is 0 Å². The van der Waals surface area contributed by atoms with Gasteiger partial charge in [-0.1, -0.05) is 0 Å². The number of H-pyrrole nitrogens is 1. The number of carboxylic acid groups (broad SMARTS) is 1. The first kappa shape index (κ1) is 11.4. The molecule has 1 aromatic carbocycles. The fourth-order valence-electron chi connectivity index (χ4n) is 1.54. The fourth-order valence-corrected chi connectivity index (χ4v) is 1.54. The van der Waals surface area contributed by atoms with Crippen LogP contribution in [-0.4, -0.2) is 33.6 Å². The molecule has 0 spiro atoms. The minimum atomic E-state index is -0.976. The lowest BCUT2D eigenvalue weighted by Crippen LogP contribution is -2.32. The number of nitrogens with zero attached hydrogens (tertiary/aromatic N) is 1. The van der Waals surface area contributed by atoms with E-state index in [4.69, 9.17) is 10.8 Å². The molecule has 1 unspecified atom stereocenters. The van der Waals surface area contributed by atoms with Crippen molar-refractivity contribution in [1.82, 2.24) is 9.97 Å². The van der Waals surface area contributed by atoms with Crippen LogP contribution < -0.4 is 11.1 Å². The second kappa shape index (κ2) is 4.84. The van der Waals surface area contributed by atoms with Crippen molar-refractivity contribution in [2.24, 2.45) is 5.73 Å². The predicted octanol–water partition coefficient (Wildman–Crippen LogP) is 0.777. The number of rotatable bonds is 5. The third-order valence-electron chi connectivity index (χ3n) is 2.52. The Hall–Kier alpha value is -2.08. The van der Waals surface area contributed by atoms with Gasteiger partial charge in [-0.05, 0) is 24.6 Å². The van der Waals surface area contributed by atoms with Crippen molar-refractivity contribution in [2.45, 2.75) is 12.5 Å². The van der Waals surface area contributed by atoms with Crippen molar-refractivity contribution in [3.8, 4) is 0 Å². The van der Waals surface area contributed by atoms with Crippen LogP contribution in [0.25, 0.3) is 11.0 Å². The Morgan fingerprint density at radius 3 is 3.18 bits per heavy atom. The van der Waals surface area contributed by atoms with Gasteiger partial charge in [0.2, 0.25) is 0 Å². The lowest BCUT2D eigenvalue weighted by atomic mass is 10.2. The van der Waals surface area contributed by atoms with Gasteiger partial charge in [-0.25, -0.2) is 4.98 Å². The molecule has 0 radical (unpaired) electrons. The number of carboxylic acids is 1. The number of aliphatic carboxylic acids is 1. The van der Waals surface area contributed by atoms with Crippen molar-refractivity contribution < 1.29 is 9.90 Å². The van der Waals surface area contributed by atoms with Crippen molar-refractivity contribution in [3.05, 3.63) is 24.5 Å². The zero-order valence-corrected chi connectivity index (χ0v) is 9.18. The van der Waals surface area contributed by atoms with E-state index in [9.17, 15) is 4.79 Å². The molecule has 1 heterocycles. The van der Waals surface area contributed by atoms with Crippen LogP contribution in [0.15, 0.2) is 24.5 Å². The summed E-state index contributed by atoms with van der Waals surface area (Å²) in [6.07, 6.45) is 2.02. The standard InChI is InChI=1S/C11H14N4O2/c12-8(11(16)17)3-4-13-7-1-2-9-10(5-7)15-6-14-9/h1-2,5-6,8,13H,3-4,12H2,(H,14,15)(H,16,17). The minimum Gasteiger partial charge on any atom is -0.480 e. The summed E-state index contributed by atoms with van der Waals surface area (Å²) in [4.78, 5) is 17.6. The number of carbonyl (C=O) groups is 1. The molecule has 0 aliphatic rings. The smallest absolute Gasteiger partial charge is 0.320 e. The molecule has 0 saturated heterocycles. The van der Waals surface area contributed by atoms with Crippen LogP contribution >= 0.6 is 0 Å². The fraction of sp³-hybridized carbons (Fsp3) is 0.273. The Labute approximate surface area is 97.8 Å². The summed E-state index contributed by atoms with van der Waals surface area (Å²) in [6.45, 7) is 0.521. The van der Waals surface area contributed by atoms with E-state index in [-0.39, 0.29) is 0 Å². The molecule has 0 aliphatic heterocycles. The van der Waals surface area contributed by atoms with Gasteiger partial charge in [0.15, 0.2) is 0 Å². The van der Waals surface area contributed by atoms with E-state index in [2.05, 4.69) is 15.3 Å². The summed E-state index contributed by atoms with van der Waals surface area (Å²) in [5.74, 6) is -0.976. The molecule has 0 fully saturated rings. The molecule has 17 heavy (non-hydrogen) atoms. The van der Waals surface area contributed by atoms with E-state index < -0.39 is 12.0 Å². The first-order valence-corrected chi connectivity index (χ1v) is 5.32. The summed E-state index contributed by atoms with van der Waals surface area (Å²) < 4.78 is 0. The summed E-state index contributed by atoms with van der Waals surface area (Å²) in [5.41, 5.74) is 8.16. The highest BCUT2D eigenvalue weighted by Crippen LogP contribution is 2.15. The Bertz CT molecular complexity index is 523. The quantitative estimate of drug-likeness (QED) is 0.612. The van der Waals surface area contributed by atoms with Gasteiger partial charge in [0.05, 0.1) is 17.4 Å². The van der Waals surface area contributed by atoms with Gasteiger partial charge in [0.1, 0.15) is 6.04 Å². The molecule has 2 aromatic rings. The first-order valence-electron chi connectivity index (χ1n) is 5.32. The van der Waals surface area contributed by atoms with Crippen molar-refractivity contribution >= 4 is 22.7 Å². The average Bonchev–Trinajstić information content (AvgIpc) is 2.75. The molecule has 1 atom stereocenters. The number of aromatic amines is 1. The molecule has 0 amide bonds.